The summed E-state index contributed by atoms with van der Waals surface area (Å²) in [4.78, 5) is 84.5. The summed E-state index contributed by atoms with van der Waals surface area (Å²) in [6, 6.07) is 59.3. The first-order valence-electron chi connectivity index (χ1n) is 32.5. The average Bonchev–Trinajstić information content (AvgIpc) is 0.836. The molecule has 1 N–H and O–H groups in total. The van der Waals surface area contributed by atoms with Crippen LogP contribution in [0.3, 0.4) is 0 Å². The summed E-state index contributed by atoms with van der Waals surface area (Å²) < 4.78 is 76.8. The number of Topliss-reactive ketones (excluding diaryl/α,β-unsaturated/α-hetero) is 1. The number of benzene rings is 7. The van der Waals surface area contributed by atoms with Gasteiger partial charge in [0.15, 0.2) is 30.4 Å². The van der Waals surface area contributed by atoms with Crippen LogP contribution in [0.5, 0.6) is 11.5 Å². The van der Waals surface area contributed by atoms with E-state index in [1.54, 1.807) is 87.0 Å². The van der Waals surface area contributed by atoms with Crippen LogP contribution in [-0.4, -0.2) is 150 Å². The lowest BCUT2D eigenvalue weighted by Crippen LogP contribution is -2.63. The maximum Gasteiger partial charge on any atom is 0.338 e. The number of hydrogen-bond donors (Lipinski definition) is 1. The van der Waals surface area contributed by atoms with Crippen molar-refractivity contribution in [2.24, 2.45) is 11.8 Å². The molecule has 4 unspecified atom stereocenters. The minimum Gasteiger partial charge on any atom is -0.497 e. The van der Waals surface area contributed by atoms with Crippen molar-refractivity contribution in [1.29, 1.82) is 5.26 Å². The molecule has 1 saturated heterocycles. The van der Waals surface area contributed by atoms with E-state index in [1.807, 2.05) is 78.9 Å². The molecule has 1 heterocycles. The number of methoxy groups -OCH3 is 2. The molecule has 98 heavy (non-hydrogen) atoms. The van der Waals surface area contributed by atoms with Gasteiger partial charge in [-0.3, -0.25) is 9.59 Å². The number of carbonyl (C=O) groups excluding carboxylic acids is 6. The van der Waals surface area contributed by atoms with Crippen LogP contribution < -0.4 is 14.8 Å². The lowest BCUT2D eigenvalue weighted by molar-refractivity contribution is -0.296. The number of hydrogen-bond acceptors (Lipinski definition) is 20. The molecule has 1 aliphatic carbocycles. The molecule has 7 aromatic carbocycles. The minimum atomic E-state index is -1.75. The number of nitriles is 1. The number of amides is 1. The van der Waals surface area contributed by atoms with Crippen molar-refractivity contribution in [2.75, 3.05) is 60.4 Å². The van der Waals surface area contributed by atoms with Crippen LogP contribution >= 0.6 is 8.53 Å². The maximum absolute atomic E-state index is 14.8. The van der Waals surface area contributed by atoms with Gasteiger partial charge in [0, 0.05) is 24.5 Å². The smallest absolute Gasteiger partial charge is 0.338 e. The van der Waals surface area contributed by atoms with Gasteiger partial charge >= 0.3 is 23.9 Å². The third-order valence-electron chi connectivity index (χ3n) is 16.6. The normalized spacial score (nSPS) is 19.4. The molecule has 21 nitrogen and oxygen atoms in total. The first-order chi connectivity index (χ1) is 47.6. The summed E-state index contributed by atoms with van der Waals surface area (Å²) in [7, 11) is 1.53. The summed E-state index contributed by atoms with van der Waals surface area (Å²) in [5.41, 5.74) is 1.73. The van der Waals surface area contributed by atoms with E-state index >= 15 is 0 Å². The maximum atomic E-state index is 14.8. The molecule has 1 aliphatic heterocycles. The van der Waals surface area contributed by atoms with Crippen LogP contribution in [-0.2, 0) is 62.1 Å². The fourth-order valence-corrected chi connectivity index (χ4v) is 13.6. The fourth-order valence-electron chi connectivity index (χ4n) is 11.9. The van der Waals surface area contributed by atoms with E-state index in [0.717, 1.165) is 16.7 Å². The first kappa shape index (κ1) is 73.1. The molecule has 1 amide bonds. The number of nitrogens with one attached hydrogen (secondary N) is 1. The standard InChI is InChI=1S/C76H82N3O18P/c1-51(2)79(52(3)4)98(92-43-22-41-77)97-63-45-57(47-91-76(58-31-20-11-21-32-58,59-33-37-61(86-5)38-34-59)60-35-39-62(87-6)40-36-60)64(46-63)65(80)48-88-44-42-78-67(81)50-90-75-70(96-74(85)56-29-18-10-19-30-56)69(95-73(84)55-27-16-9-17-28-55)68(94-72(83)54-25-14-8-15-26-54)66(93-75)49-89-71(82)53-23-12-7-13-24-53/h7-21,23-40,51-52,57,63-64,66,68-70,75H,22,42-50H2,1-6H3,(H,78,81)/t57-,63+,64?,66?,68+,69+,70?,75-,98?/m0/s1. The van der Waals surface area contributed by atoms with Crippen LogP contribution in [0.25, 0.3) is 0 Å². The van der Waals surface area contributed by atoms with Gasteiger partial charge < -0.3 is 61.7 Å². The minimum absolute atomic E-state index is 0.0236. The second-order valence-electron chi connectivity index (χ2n) is 23.8. The van der Waals surface area contributed by atoms with Crippen LogP contribution in [0.1, 0.15) is 105 Å². The molecular weight excluding hydrogens is 1270 g/mol. The third-order valence-corrected chi connectivity index (χ3v) is 18.8. The number of ether oxygens (including phenoxy) is 10. The molecule has 9 atom stereocenters. The monoisotopic (exact) mass is 1360 g/mol. The molecule has 0 radical (unpaired) electrons. The number of esters is 4. The van der Waals surface area contributed by atoms with Crippen molar-refractivity contribution < 1.29 is 85.2 Å². The number of carbonyl (C=O) groups is 6. The zero-order valence-corrected chi connectivity index (χ0v) is 56.5. The summed E-state index contributed by atoms with van der Waals surface area (Å²) in [5, 5.41) is 12.2. The zero-order chi connectivity index (χ0) is 69.4. The van der Waals surface area contributed by atoms with Crippen LogP contribution in [0.2, 0.25) is 0 Å². The lowest BCUT2D eigenvalue weighted by atomic mass is 9.79. The molecule has 2 aliphatic rings. The van der Waals surface area contributed by atoms with E-state index in [1.165, 1.54) is 48.5 Å². The Kier molecular flexibility index (Phi) is 27.1. The Labute approximate surface area is 572 Å². The van der Waals surface area contributed by atoms with Gasteiger partial charge in [-0.25, -0.2) is 23.8 Å². The zero-order valence-electron chi connectivity index (χ0n) is 55.6. The van der Waals surface area contributed by atoms with Crippen molar-refractivity contribution >= 4 is 44.1 Å². The number of rotatable bonds is 34. The van der Waals surface area contributed by atoms with Crippen molar-refractivity contribution in [2.45, 2.75) is 101 Å². The second kappa shape index (κ2) is 36.4. The van der Waals surface area contributed by atoms with E-state index in [2.05, 4.69) is 43.8 Å². The van der Waals surface area contributed by atoms with Crippen molar-refractivity contribution in [3.63, 3.8) is 0 Å². The highest BCUT2D eigenvalue weighted by Crippen LogP contribution is 2.52. The Morgan fingerprint density at radius 3 is 1.53 bits per heavy atom. The van der Waals surface area contributed by atoms with Crippen LogP contribution in [0.4, 0.5) is 0 Å². The third kappa shape index (κ3) is 19.3. The predicted molar refractivity (Wildman–Crippen MR) is 362 cm³/mol. The fraction of sp³-hybridized carbons (Fsp3) is 0.355. The van der Waals surface area contributed by atoms with Crippen LogP contribution in [0.15, 0.2) is 200 Å². The molecule has 2 fully saturated rings. The Balaban J connectivity index is 0.936. The molecule has 7 aromatic rings. The highest BCUT2D eigenvalue weighted by Gasteiger charge is 2.54. The molecule has 9 rings (SSSR count). The molecule has 0 spiro atoms. The van der Waals surface area contributed by atoms with Gasteiger partial charge in [0.25, 0.3) is 8.53 Å². The Morgan fingerprint density at radius 1 is 0.571 bits per heavy atom. The summed E-state index contributed by atoms with van der Waals surface area (Å²) in [5.74, 6) is -4.12. The largest absolute Gasteiger partial charge is 0.497 e. The van der Waals surface area contributed by atoms with Crippen molar-refractivity contribution in [3.8, 4) is 17.6 Å². The van der Waals surface area contributed by atoms with Gasteiger partial charge in [0.05, 0.1) is 74.9 Å². The Morgan fingerprint density at radius 2 is 1.04 bits per heavy atom. The molecule has 1 saturated carbocycles. The van der Waals surface area contributed by atoms with Crippen LogP contribution in [0, 0.1) is 23.2 Å². The van der Waals surface area contributed by atoms with Gasteiger partial charge in [0.2, 0.25) is 5.91 Å². The van der Waals surface area contributed by atoms with E-state index in [-0.39, 0.29) is 79.5 Å². The predicted octanol–water partition coefficient (Wildman–Crippen LogP) is 11.7. The van der Waals surface area contributed by atoms with E-state index in [9.17, 15) is 34.0 Å². The van der Waals surface area contributed by atoms with Crippen molar-refractivity contribution in [1.82, 2.24) is 9.99 Å². The van der Waals surface area contributed by atoms with E-state index in [0.29, 0.717) is 24.3 Å². The first-order valence-corrected chi connectivity index (χ1v) is 33.6. The number of ketones is 1. The lowest BCUT2D eigenvalue weighted by Gasteiger charge is -2.44. The highest BCUT2D eigenvalue weighted by atomic mass is 31.2. The van der Waals surface area contributed by atoms with Gasteiger partial charge in [-0.15, -0.1) is 0 Å². The molecule has 0 bridgehead atoms. The highest BCUT2D eigenvalue weighted by molar-refractivity contribution is 7.44. The van der Waals surface area contributed by atoms with E-state index < -0.39 is 106 Å². The van der Waals surface area contributed by atoms with E-state index in [4.69, 9.17) is 56.4 Å². The SMILES string of the molecule is COc1ccc(C(OC[C@@H]2C[C@@H](OP(OCCC#N)N(C(C)C)C(C)C)CC2C(=O)COCCNC(=O)CO[C@H]2OC(COC(=O)c3ccccc3)[C@@H](OC(=O)c3ccccc3)[C@@H](OC(=O)c3ccccc3)C2OC(=O)c2ccccc2)(c2ccccc2)c2ccc(OC)cc2)cc1. The number of nitrogens with zero attached hydrogens (tertiary/aromatic N) is 2. The van der Waals surface area contributed by atoms with Gasteiger partial charge in [-0.2, -0.15) is 5.26 Å². The second-order valence-corrected chi connectivity index (χ2v) is 25.2. The molecule has 22 heteroatoms. The van der Waals surface area contributed by atoms with Crippen molar-refractivity contribution in [3.05, 3.63) is 239 Å². The Bertz CT molecular complexity index is 3660. The molecule has 514 valence electrons. The molecular formula is C76H82N3O18P. The topological polar surface area (TPSA) is 252 Å². The van der Waals surface area contributed by atoms with Gasteiger partial charge in [0.1, 0.15) is 43.0 Å². The quantitative estimate of drug-likeness (QED) is 0.0129. The van der Waals surface area contributed by atoms with Gasteiger partial charge in [-0.1, -0.05) is 127 Å². The average molecular weight is 1360 g/mol. The summed E-state index contributed by atoms with van der Waals surface area (Å²) in [6.45, 7) is 6.58. The van der Waals surface area contributed by atoms with Gasteiger partial charge in [-0.05, 0) is 136 Å². The summed E-state index contributed by atoms with van der Waals surface area (Å²) in [6.07, 6.45) is -7.90. The summed E-state index contributed by atoms with van der Waals surface area (Å²) >= 11 is 0. The molecule has 0 aromatic heterocycles. The Hall–Kier alpha value is -9.20.